The van der Waals surface area contributed by atoms with Crippen molar-refractivity contribution < 1.29 is 28.5 Å². The number of likely N-dealkylation sites (tertiary alicyclic amines) is 1. The van der Waals surface area contributed by atoms with Gasteiger partial charge in [0.25, 0.3) is 0 Å². The third-order valence-corrected chi connectivity index (χ3v) is 10.3. The summed E-state index contributed by atoms with van der Waals surface area (Å²) in [6.07, 6.45) is 7.23. The van der Waals surface area contributed by atoms with Gasteiger partial charge in [-0.05, 0) is 72.9 Å². The molecule has 12 nitrogen and oxygen atoms in total. The van der Waals surface area contributed by atoms with E-state index in [1.165, 1.54) is 0 Å². The molecule has 5 aliphatic rings. The monoisotopic (exact) mass is 625 g/mol. The highest BCUT2D eigenvalue weighted by atomic mass is 16.7. The van der Waals surface area contributed by atoms with Crippen LogP contribution in [0, 0.1) is 11.3 Å². The molecule has 45 heavy (non-hydrogen) atoms. The Morgan fingerprint density at radius 1 is 0.978 bits per heavy atom. The fourth-order valence-electron chi connectivity index (χ4n) is 7.92. The number of Topliss-reactive ketones (excluding diaryl/α,β-unsaturated/α-hetero) is 1. The number of fused-ring (bicyclic) bond motifs is 1. The number of rotatable bonds is 6. The molecule has 1 amide bonds. The Morgan fingerprint density at radius 3 is 2.38 bits per heavy atom. The van der Waals surface area contributed by atoms with E-state index in [1.54, 1.807) is 11.0 Å². The van der Waals surface area contributed by atoms with Gasteiger partial charge >= 0.3 is 6.09 Å². The Labute approximate surface area is 266 Å². The van der Waals surface area contributed by atoms with Crippen LogP contribution in [-0.2, 0) is 14.2 Å². The summed E-state index contributed by atoms with van der Waals surface area (Å²) in [5.41, 5.74) is -1.11. The van der Waals surface area contributed by atoms with Crippen LogP contribution in [0.15, 0.2) is 6.07 Å². The first-order valence-corrected chi connectivity index (χ1v) is 16.8. The van der Waals surface area contributed by atoms with Crippen molar-refractivity contribution in [3.05, 3.63) is 17.3 Å². The lowest BCUT2D eigenvalue weighted by atomic mass is 9.57. The number of hydrogen-bond donors (Lipinski definition) is 0. The number of ether oxygens (including phenoxy) is 4. The topological polar surface area (TPSA) is 129 Å². The van der Waals surface area contributed by atoms with Crippen molar-refractivity contribution in [2.24, 2.45) is 11.3 Å². The fraction of sp³-hybridized carbons (Fsp3) is 0.788. The van der Waals surface area contributed by atoms with Crippen molar-refractivity contribution in [2.45, 2.75) is 96.0 Å². The van der Waals surface area contributed by atoms with Gasteiger partial charge in [0.05, 0.1) is 13.2 Å². The van der Waals surface area contributed by atoms with E-state index in [2.05, 4.69) is 21.8 Å². The summed E-state index contributed by atoms with van der Waals surface area (Å²) in [6, 6.07) is 2.07. The molecule has 0 radical (unpaired) electrons. The SMILES string of the molecule is CN1CCC[C@H]1COc1cc(N2CCN(C(=O)OC(C)(C)C)CC2)nc(C(=O)C2CCC[C@@]3(CCCCC34OCCO4)C2=[N-])n1. The van der Waals surface area contributed by atoms with Crippen LogP contribution in [0.5, 0.6) is 5.88 Å². The van der Waals surface area contributed by atoms with E-state index in [-0.39, 0.29) is 29.5 Å². The molecule has 2 spiro atoms. The second-order valence-electron chi connectivity index (χ2n) is 14.4. The zero-order valence-electron chi connectivity index (χ0n) is 27.4. The molecule has 0 aromatic carbocycles. The van der Waals surface area contributed by atoms with Gasteiger partial charge in [0, 0.05) is 56.0 Å². The maximum atomic E-state index is 14.3. The van der Waals surface area contributed by atoms with E-state index in [9.17, 15) is 15.0 Å². The first kappa shape index (κ1) is 32.1. The summed E-state index contributed by atoms with van der Waals surface area (Å²) in [5.74, 6) is -0.944. The Bertz CT molecular complexity index is 1270. The Kier molecular flexibility index (Phi) is 9.11. The summed E-state index contributed by atoms with van der Waals surface area (Å²) in [5, 5.41) is 11.9. The number of ketones is 1. The first-order chi connectivity index (χ1) is 21.5. The predicted molar refractivity (Wildman–Crippen MR) is 169 cm³/mol. The van der Waals surface area contributed by atoms with Crippen LogP contribution in [0.3, 0.4) is 0 Å². The molecule has 1 aromatic heterocycles. The molecule has 1 aromatic rings. The van der Waals surface area contributed by atoms with Crippen molar-refractivity contribution in [3.63, 3.8) is 0 Å². The van der Waals surface area contributed by atoms with E-state index < -0.39 is 22.7 Å². The van der Waals surface area contributed by atoms with Gasteiger partial charge < -0.3 is 39.1 Å². The van der Waals surface area contributed by atoms with Gasteiger partial charge in [0.1, 0.15) is 18.0 Å². The van der Waals surface area contributed by atoms with Gasteiger partial charge in [0.15, 0.2) is 5.79 Å². The fourth-order valence-corrected chi connectivity index (χ4v) is 7.92. The summed E-state index contributed by atoms with van der Waals surface area (Å²) in [7, 11) is 2.10. The summed E-state index contributed by atoms with van der Waals surface area (Å²) >= 11 is 0. The van der Waals surface area contributed by atoms with Crippen LogP contribution in [0.25, 0.3) is 5.41 Å². The molecule has 0 N–H and O–H groups in total. The standard InChI is InChI=1S/C33H49N6O6/c1-31(2,3)45-30(41)39-17-15-38(16-18-39)25-21-26(42-22-23-9-8-14-37(23)4)36-29(35-25)27(40)24-10-7-12-32(28(24)34)11-5-6-13-33(32)43-19-20-44-33/h21,23-24H,5-20,22H2,1-4H3/q-1/t23-,24?,32-/m0/s1. The maximum absolute atomic E-state index is 14.3. The zero-order chi connectivity index (χ0) is 31.8. The maximum Gasteiger partial charge on any atom is 0.410 e. The van der Waals surface area contributed by atoms with Gasteiger partial charge in [-0.2, -0.15) is 10.7 Å². The van der Waals surface area contributed by atoms with E-state index in [1.807, 2.05) is 20.8 Å². The lowest BCUT2D eigenvalue weighted by Crippen LogP contribution is -2.59. The number of carbonyl (C=O) groups excluding carboxylic acids is 2. The number of aromatic nitrogens is 2. The molecular weight excluding hydrogens is 576 g/mol. The highest BCUT2D eigenvalue weighted by molar-refractivity contribution is 6.14. The van der Waals surface area contributed by atoms with Crippen molar-refractivity contribution in [2.75, 3.05) is 64.5 Å². The quantitative estimate of drug-likeness (QED) is 0.422. The molecule has 5 fully saturated rings. The molecule has 2 aliphatic carbocycles. The molecule has 1 unspecified atom stereocenters. The lowest BCUT2D eigenvalue weighted by molar-refractivity contribution is -0.237. The Hall–Kier alpha value is -2.83. The molecule has 6 rings (SSSR count). The van der Waals surface area contributed by atoms with Crippen molar-refractivity contribution >= 4 is 23.4 Å². The molecule has 3 saturated heterocycles. The molecule has 0 bridgehead atoms. The summed E-state index contributed by atoms with van der Waals surface area (Å²) < 4.78 is 24.2. The third-order valence-electron chi connectivity index (χ3n) is 10.3. The molecule has 3 atom stereocenters. The second kappa shape index (κ2) is 12.8. The van der Waals surface area contributed by atoms with Gasteiger partial charge in [-0.25, -0.2) is 9.78 Å². The largest absolute Gasteiger partial charge is 0.810 e. The summed E-state index contributed by atoms with van der Waals surface area (Å²) in [4.78, 5) is 42.4. The van der Waals surface area contributed by atoms with Crippen molar-refractivity contribution in [1.29, 1.82) is 0 Å². The van der Waals surface area contributed by atoms with Crippen LogP contribution < -0.4 is 9.64 Å². The molecule has 3 aliphatic heterocycles. The van der Waals surface area contributed by atoms with Gasteiger partial charge in [-0.3, -0.25) is 4.79 Å². The average Bonchev–Trinajstić information content (AvgIpc) is 3.67. The molecule has 4 heterocycles. The van der Waals surface area contributed by atoms with E-state index in [0.29, 0.717) is 70.5 Å². The Balaban J connectivity index is 1.24. The number of amides is 1. The zero-order valence-corrected chi connectivity index (χ0v) is 27.4. The lowest BCUT2D eigenvalue weighted by Gasteiger charge is -2.57. The molecular formula is C33H49N6O6-. The minimum absolute atomic E-state index is 0.0450. The number of carbonyl (C=O) groups is 2. The minimum atomic E-state index is -0.869. The van der Waals surface area contributed by atoms with Crippen LogP contribution in [0.2, 0.25) is 0 Å². The van der Waals surface area contributed by atoms with Crippen molar-refractivity contribution in [3.8, 4) is 5.88 Å². The van der Waals surface area contributed by atoms with Crippen LogP contribution >= 0.6 is 0 Å². The van der Waals surface area contributed by atoms with Gasteiger partial charge in [-0.15, -0.1) is 0 Å². The first-order valence-electron chi connectivity index (χ1n) is 16.8. The number of piperazine rings is 1. The number of hydrogen-bond acceptors (Lipinski definition) is 10. The number of anilines is 1. The minimum Gasteiger partial charge on any atom is -0.810 e. The normalized spacial score (nSPS) is 29.0. The van der Waals surface area contributed by atoms with Crippen LogP contribution in [-0.4, -0.2) is 114 Å². The molecule has 248 valence electrons. The molecule has 2 saturated carbocycles. The number of nitrogens with zero attached hydrogens (tertiary/aromatic N) is 6. The second-order valence-corrected chi connectivity index (χ2v) is 14.4. The van der Waals surface area contributed by atoms with Gasteiger partial charge in [-0.1, -0.05) is 12.8 Å². The Morgan fingerprint density at radius 2 is 1.69 bits per heavy atom. The van der Waals surface area contributed by atoms with E-state index >= 15 is 0 Å². The molecule has 12 heteroatoms. The predicted octanol–water partition coefficient (Wildman–Crippen LogP) is 4.30. The smallest absolute Gasteiger partial charge is 0.410 e. The average molecular weight is 626 g/mol. The summed E-state index contributed by atoms with van der Waals surface area (Å²) in [6.45, 7) is 10.0. The van der Waals surface area contributed by atoms with Crippen LogP contribution in [0.4, 0.5) is 10.6 Å². The third kappa shape index (κ3) is 6.42. The highest BCUT2D eigenvalue weighted by Gasteiger charge is 2.58. The van der Waals surface area contributed by atoms with Crippen molar-refractivity contribution in [1.82, 2.24) is 19.8 Å². The van der Waals surface area contributed by atoms with E-state index in [4.69, 9.17) is 23.9 Å². The van der Waals surface area contributed by atoms with Crippen LogP contribution in [0.1, 0.15) is 89.2 Å². The highest BCUT2D eigenvalue weighted by Crippen LogP contribution is 2.56. The van der Waals surface area contributed by atoms with Gasteiger partial charge in [0.2, 0.25) is 17.5 Å². The van der Waals surface area contributed by atoms with E-state index in [0.717, 1.165) is 51.5 Å². The number of likely N-dealkylation sites (N-methyl/N-ethyl adjacent to an activating group) is 1.